The van der Waals surface area contributed by atoms with Gasteiger partial charge in [-0.05, 0) is 25.5 Å². The van der Waals surface area contributed by atoms with Gasteiger partial charge < -0.3 is 15.5 Å². The number of sulfone groups is 1. The van der Waals surface area contributed by atoms with Gasteiger partial charge in [-0.15, -0.1) is 0 Å². The molecule has 25 heavy (non-hydrogen) atoms. The van der Waals surface area contributed by atoms with Crippen LogP contribution in [0.2, 0.25) is 0 Å². The molecule has 1 aliphatic rings. The summed E-state index contributed by atoms with van der Waals surface area (Å²) in [6, 6.07) is 9.56. The highest BCUT2D eigenvalue weighted by Gasteiger charge is 2.30. The monoisotopic (exact) mass is 366 g/mol. The topological polar surface area (TPSA) is 90.9 Å². The van der Waals surface area contributed by atoms with Crippen molar-refractivity contribution in [2.75, 3.05) is 36.5 Å². The van der Waals surface area contributed by atoms with Crippen LogP contribution >= 0.6 is 0 Å². The van der Waals surface area contributed by atoms with Crippen LogP contribution in [-0.2, 0) is 14.6 Å². The van der Waals surface area contributed by atoms with Gasteiger partial charge in [0.15, 0.2) is 5.96 Å². The minimum absolute atomic E-state index is 0.0274. The number of guanidine groups is 1. The maximum atomic E-state index is 12.3. The number of nitrogens with zero attached hydrogens (tertiary/aromatic N) is 2. The van der Waals surface area contributed by atoms with Crippen LogP contribution in [0.4, 0.5) is 5.69 Å². The van der Waals surface area contributed by atoms with Crippen LogP contribution < -0.4 is 15.5 Å². The highest BCUT2D eigenvalue weighted by atomic mass is 32.2. The number of anilines is 1. The van der Waals surface area contributed by atoms with E-state index in [1.54, 1.807) is 4.90 Å². The van der Waals surface area contributed by atoms with Gasteiger partial charge in [0.05, 0.1) is 11.8 Å². The highest BCUT2D eigenvalue weighted by Crippen LogP contribution is 2.20. The predicted octanol–water partition coefficient (Wildman–Crippen LogP) is 0.782. The Kier molecular flexibility index (Phi) is 6.81. The van der Waals surface area contributed by atoms with Gasteiger partial charge in [0.2, 0.25) is 5.91 Å². The molecule has 2 rings (SSSR count). The molecule has 1 atom stereocenters. The average Bonchev–Trinajstić information content (AvgIpc) is 2.92. The number of para-hydroxylation sites is 1. The Morgan fingerprint density at radius 3 is 2.68 bits per heavy atom. The van der Waals surface area contributed by atoms with Crippen molar-refractivity contribution in [2.45, 2.75) is 25.8 Å². The normalized spacial score (nSPS) is 18.5. The molecule has 8 heteroatoms. The number of carbonyl (C=O) groups excluding carboxylic acids is 1. The molecule has 0 saturated carbocycles. The molecule has 0 radical (unpaired) electrons. The lowest BCUT2D eigenvalue weighted by Crippen LogP contribution is -2.44. The number of benzene rings is 1. The SMILES string of the molecule is CCNC(=NCCCS(C)(=O)=O)NC1CC(=O)N(c2ccccc2)C1. The molecule has 138 valence electrons. The second-order valence-corrected chi connectivity index (χ2v) is 8.39. The molecule has 1 fully saturated rings. The molecule has 0 bridgehead atoms. The summed E-state index contributed by atoms with van der Waals surface area (Å²) in [6.45, 7) is 3.66. The van der Waals surface area contributed by atoms with Crippen molar-refractivity contribution in [3.05, 3.63) is 30.3 Å². The quantitative estimate of drug-likeness (QED) is 0.423. The lowest BCUT2D eigenvalue weighted by Gasteiger charge is -2.19. The Morgan fingerprint density at radius 2 is 2.04 bits per heavy atom. The van der Waals surface area contributed by atoms with Crippen LogP contribution in [0.3, 0.4) is 0 Å². The minimum atomic E-state index is -2.96. The first-order chi connectivity index (χ1) is 11.9. The van der Waals surface area contributed by atoms with E-state index in [2.05, 4.69) is 15.6 Å². The van der Waals surface area contributed by atoms with Crippen molar-refractivity contribution >= 4 is 27.4 Å². The van der Waals surface area contributed by atoms with Crippen molar-refractivity contribution in [3.63, 3.8) is 0 Å². The van der Waals surface area contributed by atoms with Crippen LogP contribution in [0.15, 0.2) is 35.3 Å². The fourth-order valence-corrected chi connectivity index (χ4v) is 3.35. The third-order valence-electron chi connectivity index (χ3n) is 3.82. The van der Waals surface area contributed by atoms with E-state index in [-0.39, 0.29) is 17.7 Å². The zero-order valence-corrected chi connectivity index (χ0v) is 15.6. The fourth-order valence-electron chi connectivity index (χ4n) is 2.69. The number of aliphatic imine (C=N–C) groups is 1. The standard InChI is InChI=1S/C17H26N4O3S/c1-3-18-17(19-10-7-11-25(2,23)24)20-14-12-16(22)21(13-14)15-8-5-4-6-9-15/h4-6,8-9,14H,3,7,10-13H2,1-2H3,(H2,18,19,20). The predicted molar refractivity (Wildman–Crippen MR) is 101 cm³/mol. The smallest absolute Gasteiger partial charge is 0.229 e. The summed E-state index contributed by atoms with van der Waals surface area (Å²) in [5.74, 6) is 0.819. The lowest BCUT2D eigenvalue weighted by molar-refractivity contribution is -0.117. The average molecular weight is 366 g/mol. The molecule has 1 heterocycles. The van der Waals surface area contributed by atoms with Crippen molar-refractivity contribution in [1.82, 2.24) is 10.6 Å². The molecule has 1 aromatic carbocycles. The Hall–Kier alpha value is -2.09. The van der Waals surface area contributed by atoms with Crippen LogP contribution in [-0.4, -0.2) is 58.0 Å². The first kappa shape index (κ1) is 19.2. The van der Waals surface area contributed by atoms with E-state index in [1.165, 1.54) is 6.26 Å². The molecule has 0 spiro atoms. The van der Waals surface area contributed by atoms with Crippen LogP contribution in [0.1, 0.15) is 19.8 Å². The van der Waals surface area contributed by atoms with Gasteiger partial charge in [-0.25, -0.2) is 8.42 Å². The molecule has 7 nitrogen and oxygen atoms in total. The van der Waals surface area contributed by atoms with Crippen molar-refractivity contribution in [1.29, 1.82) is 0 Å². The highest BCUT2D eigenvalue weighted by molar-refractivity contribution is 7.90. The molecular formula is C17H26N4O3S. The molecular weight excluding hydrogens is 340 g/mol. The van der Waals surface area contributed by atoms with Crippen LogP contribution in [0, 0.1) is 0 Å². The summed E-state index contributed by atoms with van der Waals surface area (Å²) in [5, 5.41) is 6.41. The van der Waals surface area contributed by atoms with E-state index in [0.29, 0.717) is 38.4 Å². The number of hydrogen-bond donors (Lipinski definition) is 2. The summed E-state index contributed by atoms with van der Waals surface area (Å²) in [5.41, 5.74) is 0.895. The molecule has 0 aromatic heterocycles. The molecule has 1 unspecified atom stereocenters. The summed E-state index contributed by atoms with van der Waals surface area (Å²) in [4.78, 5) is 18.4. The molecule has 1 saturated heterocycles. The van der Waals surface area contributed by atoms with E-state index in [9.17, 15) is 13.2 Å². The summed E-state index contributed by atoms with van der Waals surface area (Å²) < 4.78 is 22.3. The zero-order valence-electron chi connectivity index (χ0n) is 14.7. The van der Waals surface area contributed by atoms with E-state index in [4.69, 9.17) is 0 Å². The maximum Gasteiger partial charge on any atom is 0.229 e. The van der Waals surface area contributed by atoms with Crippen LogP contribution in [0.5, 0.6) is 0 Å². The number of amides is 1. The first-order valence-electron chi connectivity index (χ1n) is 8.47. The third-order valence-corrected chi connectivity index (χ3v) is 4.85. The van der Waals surface area contributed by atoms with Crippen molar-refractivity contribution < 1.29 is 13.2 Å². The Balaban J connectivity index is 1.92. The van der Waals surface area contributed by atoms with Gasteiger partial charge in [0.1, 0.15) is 9.84 Å². The van der Waals surface area contributed by atoms with Crippen LogP contribution in [0.25, 0.3) is 0 Å². The third kappa shape index (κ3) is 6.38. The second-order valence-electron chi connectivity index (χ2n) is 6.13. The lowest BCUT2D eigenvalue weighted by atomic mass is 10.2. The van der Waals surface area contributed by atoms with E-state index >= 15 is 0 Å². The molecule has 1 aliphatic heterocycles. The van der Waals surface area contributed by atoms with E-state index in [0.717, 1.165) is 5.69 Å². The van der Waals surface area contributed by atoms with Gasteiger partial charge >= 0.3 is 0 Å². The number of hydrogen-bond acceptors (Lipinski definition) is 4. The molecule has 0 aliphatic carbocycles. The zero-order chi connectivity index (χ0) is 18.3. The van der Waals surface area contributed by atoms with Gasteiger partial charge in [-0.2, -0.15) is 0 Å². The summed E-state index contributed by atoms with van der Waals surface area (Å²) in [7, 11) is -2.96. The summed E-state index contributed by atoms with van der Waals surface area (Å²) in [6.07, 6.45) is 2.11. The molecule has 1 amide bonds. The van der Waals surface area contributed by atoms with Gasteiger partial charge in [-0.3, -0.25) is 9.79 Å². The second kappa shape index (κ2) is 8.84. The molecule has 2 N–H and O–H groups in total. The minimum Gasteiger partial charge on any atom is -0.357 e. The fraction of sp³-hybridized carbons (Fsp3) is 0.529. The van der Waals surface area contributed by atoms with Crippen molar-refractivity contribution in [2.24, 2.45) is 4.99 Å². The number of carbonyl (C=O) groups is 1. The number of rotatable bonds is 7. The maximum absolute atomic E-state index is 12.3. The molecule has 1 aromatic rings. The Morgan fingerprint density at radius 1 is 1.32 bits per heavy atom. The largest absolute Gasteiger partial charge is 0.357 e. The van der Waals surface area contributed by atoms with E-state index in [1.807, 2.05) is 37.3 Å². The summed E-state index contributed by atoms with van der Waals surface area (Å²) >= 11 is 0. The van der Waals surface area contributed by atoms with Gasteiger partial charge in [0, 0.05) is 38.0 Å². The van der Waals surface area contributed by atoms with Gasteiger partial charge in [-0.1, -0.05) is 18.2 Å². The van der Waals surface area contributed by atoms with Gasteiger partial charge in [0.25, 0.3) is 0 Å². The van der Waals surface area contributed by atoms with E-state index < -0.39 is 9.84 Å². The van der Waals surface area contributed by atoms with Crippen molar-refractivity contribution in [3.8, 4) is 0 Å². The number of nitrogens with one attached hydrogen (secondary N) is 2. The Labute approximate surface area is 149 Å². The first-order valence-corrected chi connectivity index (χ1v) is 10.5. The Bertz CT molecular complexity index is 704.